The number of nitrogens with one attached hydrogen (secondary N) is 1. The zero-order valence-electron chi connectivity index (χ0n) is 54.4. The molecule has 7 atom stereocenters. The van der Waals surface area contributed by atoms with Gasteiger partial charge < -0.3 is 45.1 Å². The molecule has 1 heterocycles. The lowest BCUT2D eigenvalue weighted by molar-refractivity contribution is -0.302. The van der Waals surface area contributed by atoms with E-state index in [1.54, 1.807) is 6.08 Å². The number of ether oxygens (including phenoxy) is 3. The predicted octanol–water partition coefficient (Wildman–Crippen LogP) is 18.1. The molecule has 490 valence electrons. The Labute approximate surface area is 516 Å². The van der Waals surface area contributed by atoms with E-state index >= 15 is 0 Å². The molecule has 1 fully saturated rings. The zero-order chi connectivity index (χ0) is 60.9. The molecule has 7 unspecified atom stereocenters. The second kappa shape index (κ2) is 62.0. The number of amides is 1. The van der Waals surface area contributed by atoms with Crippen LogP contribution in [0.5, 0.6) is 0 Å². The van der Waals surface area contributed by atoms with E-state index in [-0.39, 0.29) is 18.5 Å². The minimum atomic E-state index is -1.58. The highest BCUT2D eigenvalue weighted by molar-refractivity contribution is 5.76. The lowest BCUT2D eigenvalue weighted by atomic mass is 9.99. The van der Waals surface area contributed by atoms with Crippen LogP contribution in [-0.4, -0.2) is 100 Å². The van der Waals surface area contributed by atoms with Crippen molar-refractivity contribution in [1.29, 1.82) is 0 Å². The van der Waals surface area contributed by atoms with Gasteiger partial charge in [-0.2, -0.15) is 0 Å². The van der Waals surface area contributed by atoms with Crippen LogP contribution in [0, 0.1) is 0 Å². The monoisotopic (exact) mass is 1180 g/mol. The molecule has 0 aromatic rings. The van der Waals surface area contributed by atoms with Crippen LogP contribution < -0.4 is 5.32 Å². The number of carbonyl (C=O) groups excluding carboxylic acids is 2. The van der Waals surface area contributed by atoms with E-state index in [9.17, 15) is 35.1 Å². The van der Waals surface area contributed by atoms with Crippen LogP contribution in [0.15, 0.2) is 60.8 Å². The average Bonchev–Trinajstić information content (AvgIpc) is 3.23. The first-order valence-electron chi connectivity index (χ1n) is 35.5. The Morgan fingerprint density at radius 2 is 0.857 bits per heavy atom. The molecule has 6 N–H and O–H groups in total. The van der Waals surface area contributed by atoms with E-state index in [0.717, 1.165) is 64.2 Å². The van der Waals surface area contributed by atoms with E-state index in [2.05, 4.69) is 54.8 Å². The van der Waals surface area contributed by atoms with E-state index in [1.807, 2.05) is 19.1 Å². The number of unbranched alkanes of at least 4 members (excludes halogenated alkanes) is 41. The number of aliphatic hydroxyl groups is 5. The Morgan fingerprint density at radius 1 is 0.464 bits per heavy atom. The third-order valence-corrected chi connectivity index (χ3v) is 16.7. The molecule has 1 saturated heterocycles. The second-order valence-electron chi connectivity index (χ2n) is 24.6. The molecule has 0 saturated carbocycles. The molecule has 1 aliphatic heterocycles. The van der Waals surface area contributed by atoms with Gasteiger partial charge in [0.1, 0.15) is 24.4 Å². The van der Waals surface area contributed by atoms with Crippen LogP contribution in [0.4, 0.5) is 0 Å². The molecule has 1 aliphatic rings. The Balaban J connectivity index is 1.91. The summed E-state index contributed by atoms with van der Waals surface area (Å²) in [6, 6.07) is -0.832. The molecule has 1 rings (SSSR count). The molecule has 0 radical (unpaired) electrons. The van der Waals surface area contributed by atoms with Crippen LogP contribution in [0.25, 0.3) is 0 Å². The fourth-order valence-electron chi connectivity index (χ4n) is 11.1. The summed E-state index contributed by atoms with van der Waals surface area (Å²) in [7, 11) is 0. The third kappa shape index (κ3) is 50.4. The molecule has 0 aromatic heterocycles. The number of hydrogen-bond acceptors (Lipinski definition) is 10. The average molecular weight is 1180 g/mol. The number of aliphatic hydroxyl groups excluding tert-OH is 5. The smallest absolute Gasteiger partial charge is 0.305 e. The molecule has 1 amide bonds. The summed E-state index contributed by atoms with van der Waals surface area (Å²) < 4.78 is 16.7. The van der Waals surface area contributed by atoms with Crippen molar-refractivity contribution in [3.05, 3.63) is 60.8 Å². The van der Waals surface area contributed by atoms with E-state index < -0.39 is 49.5 Å². The van der Waals surface area contributed by atoms with Crippen molar-refractivity contribution in [2.45, 2.75) is 371 Å². The van der Waals surface area contributed by atoms with E-state index in [0.29, 0.717) is 19.4 Å². The second-order valence-corrected chi connectivity index (χ2v) is 24.6. The third-order valence-electron chi connectivity index (χ3n) is 16.7. The van der Waals surface area contributed by atoms with Crippen molar-refractivity contribution < 1.29 is 49.3 Å². The summed E-state index contributed by atoms with van der Waals surface area (Å²) in [5, 5.41) is 54.2. The van der Waals surface area contributed by atoms with E-state index in [4.69, 9.17) is 14.2 Å². The number of carbonyl (C=O) groups is 2. The summed E-state index contributed by atoms with van der Waals surface area (Å²) in [6.45, 7) is 4.11. The summed E-state index contributed by atoms with van der Waals surface area (Å²) >= 11 is 0. The molecular formula is C73H133NO10. The first kappa shape index (κ1) is 79.4. The van der Waals surface area contributed by atoms with Gasteiger partial charge in [0.2, 0.25) is 5.91 Å². The first-order chi connectivity index (χ1) is 41.2. The number of esters is 1. The molecular weight excluding hydrogens is 1050 g/mol. The van der Waals surface area contributed by atoms with Crippen molar-refractivity contribution in [3.63, 3.8) is 0 Å². The molecule has 0 bridgehead atoms. The molecule has 0 spiro atoms. The Kier molecular flexibility index (Phi) is 58.6. The normalized spacial score (nSPS) is 18.4. The minimum Gasteiger partial charge on any atom is -0.466 e. The fourth-order valence-corrected chi connectivity index (χ4v) is 11.1. The Bertz CT molecular complexity index is 1580. The van der Waals surface area contributed by atoms with Gasteiger partial charge in [-0.25, -0.2) is 0 Å². The van der Waals surface area contributed by atoms with Gasteiger partial charge in [-0.1, -0.05) is 292 Å². The number of hydrogen-bond donors (Lipinski definition) is 6. The van der Waals surface area contributed by atoms with Crippen LogP contribution in [-0.2, 0) is 23.8 Å². The predicted molar refractivity (Wildman–Crippen MR) is 352 cm³/mol. The zero-order valence-corrected chi connectivity index (χ0v) is 54.4. The number of allylic oxidation sites excluding steroid dienone is 9. The molecule has 0 aromatic carbocycles. The van der Waals surface area contributed by atoms with Crippen molar-refractivity contribution >= 4 is 11.9 Å². The van der Waals surface area contributed by atoms with Gasteiger partial charge >= 0.3 is 5.97 Å². The van der Waals surface area contributed by atoms with Gasteiger partial charge in [-0.3, -0.25) is 9.59 Å². The van der Waals surface area contributed by atoms with Crippen molar-refractivity contribution in [3.8, 4) is 0 Å². The van der Waals surface area contributed by atoms with Gasteiger partial charge in [0.25, 0.3) is 0 Å². The highest BCUT2D eigenvalue weighted by Crippen LogP contribution is 2.23. The Hall–Kier alpha value is -2.64. The van der Waals surface area contributed by atoms with Crippen LogP contribution in [0.1, 0.15) is 328 Å². The topological polar surface area (TPSA) is 175 Å². The van der Waals surface area contributed by atoms with Crippen molar-refractivity contribution in [2.24, 2.45) is 0 Å². The summed E-state index contributed by atoms with van der Waals surface area (Å²) in [6.07, 6.45) is 72.6. The van der Waals surface area contributed by atoms with Crippen LogP contribution in [0.2, 0.25) is 0 Å². The molecule has 11 nitrogen and oxygen atoms in total. The van der Waals surface area contributed by atoms with Crippen LogP contribution >= 0.6 is 0 Å². The highest BCUT2D eigenvalue weighted by atomic mass is 16.7. The minimum absolute atomic E-state index is 0.0102. The quantitative estimate of drug-likeness (QED) is 0.0195. The molecule has 0 aliphatic carbocycles. The van der Waals surface area contributed by atoms with Gasteiger partial charge in [-0.05, 0) is 84.0 Å². The SMILES string of the molecule is C/C=C/CC/C=C/CC/C=C/C(O)C(COC1OC(CO)C(O)C(O)C1O)NC(=O)CCCCCCCCCCCCCCCCCCC/C=C\C/C=C\CCCCCCCCCCCCCOC(=O)CCCCCCCCCCCCCC. The summed E-state index contributed by atoms with van der Waals surface area (Å²) in [5.74, 6) is -0.187. The maximum atomic E-state index is 13.0. The van der Waals surface area contributed by atoms with Gasteiger partial charge in [-0.15, -0.1) is 0 Å². The lowest BCUT2D eigenvalue weighted by Crippen LogP contribution is -2.60. The van der Waals surface area contributed by atoms with E-state index in [1.165, 1.54) is 238 Å². The lowest BCUT2D eigenvalue weighted by Gasteiger charge is -2.40. The van der Waals surface area contributed by atoms with Crippen molar-refractivity contribution in [1.82, 2.24) is 5.32 Å². The van der Waals surface area contributed by atoms with Gasteiger partial charge in [0, 0.05) is 12.8 Å². The molecule has 84 heavy (non-hydrogen) atoms. The van der Waals surface area contributed by atoms with Crippen LogP contribution in [0.3, 0.4) is 0 Å². The molecule has 11 heteroatoms. The maximum absolute atomic E-state index is 13.0. The fraction of sp³-hybridized carbons (Fsp3) is 0.836. The maximum Gasteiger partial charge on any atom is 0.305 e. The highest BCUT2D eigenvalue weighted by Gasteiger charge is 2.44. The summed E-state index contributed by atoms with van der Waals surface area (Å²) in [5.41, 5.74) is 0. The first-order valence-corrected chi connectivity index (χ1v) is 35.5. The Morgan fingerprint density at radius 3 is 1.31 bits per heavy atom. The van der Waals surface area contributed by atoms with Gasteiger partial charge in [0.05, 0.1) is 32.0 Å². The number of rotatable bonds is 62. The summed E-state index contributed by atoms with van der Waals surface area (Å²) in [4.78, 5) is 25.0. The van der Waals surface area contributed by atoms with Gasteiger partial charge in [0.15, 0.2) is 6.29 Å². The standard InChI is InChI=1S/C73H133NO10/c1-3-5-7-9-11-13-14-41-45-49-53-57-61-69(78)82-62-58-54-50-46-42-39-37-35-33-31-29-27-25-23-21-19-17-15-16-18-20-22-24-26-28-30-32-34-36-38-40-44-48-52-56-60-68(77)74-65(66(76)59-55-51-47-43-12-10-8-6-4-2)64-83-73-72(81)71(80)70(79)67(63-75)84-73/h4,6,12,17,19,23,25,43,55,59,65-67,70-73,75-76,79-81H,3,5,7-11,13-16,18,20-22,24,26-42,44-54,56-58,60-64H2,1-2H3,(H,74,77)/b6-4+,19-17-,25-23-,43-12+,59-55+. The van der Waals surface area contributed by atoms with Crippen molar-refractivity contribution in [2.75, 3.05) is 19.8 Å². The largest absolute Gasteiger partial charge is 0.466 e.